The molecule has 0 aromatic heterocycles. The average molecular weight is 216 g/mol. The van der Waals surface area contributed by atoms with Crippen LogP contribution in [0.4, 0.5) is 0 Å². The van der Waals surface area contributed by atoms with Crippen molar-refractivity contribution < 1.29 is 0 Å². The second kappa shape index (κ2) is 5.35. The van der Waals surface area contributed by atoms with Crippen molar-refractivity contribution in [2.75, 3.05) is 5.75 Å². The molecule has 0 saturated carbocycles. The van der Waals surface area contributed by atoms with E-state index < -0.39 is 0 Å². The van der Waals surface area contributed by atoms with Crippen molar-refractivity contribution in [3.05, 3.63) is 12.2 Å². The number of allylic oxidation sites excluding steroid dienone is 1. The average Bonchev–Trinajstić information content (AvgIpc) is 2.47. The molecule has 0 aliphatic carbocycles. The monoisotopic (exact) mass is 216 g/mol. The predicted octanol–water partition coefficient (Wildman–Crippen LogP) is 4.67. The minimum atomic E-state index is 0.583. The molecule has 0 unspecified atom stereocenters. The van der Waals surface area contributed by atoms with Crippen molar-refractivity contribution in [1.82, 2.24) is 0 Å². The van der Waals surface area contributed by atoms with Crippen molar-refractivity contribution in [1.29, 1.82) is 0 Å². The van der Waals surface area contributed by atoms with E-state index in [1.54, 1.807) is 0 Å². The largest absolute Gasteiger partial charge is 0.100 e. The standard InChI is InChI=1S/C11H20S2/c1-10(2)6-4-5-7-11(3)8-9-12-13-11/h1,4-9H2,2-3H3/t11-/m1/s1. The van der Waals surface area contributed by atoms with E-state index >= 15 is 0 Å². The van der Waals surface area contributed by atoms with Gasteiger partial charge in [-0.25, -0.2) is 0 Å². The van der Waals surface area contributed by atoms with Gasteiger partial charge in [-0.1, -0.05) is 33.6 Å². The van der Waals surface area contributed by atoms with Gasteiger partial charge in [0.2, 0.25) is 0 Å². The van der Waals surface area contributed by atoms with E-state index in [0.29, 0.717) is 4.75 Å². The van der Waals surface area contributed by atoms with Crippen molar-refractivity contribution >= 4 is 21.6 Å². The number of hydrogen-bond acceptors (Lipinski definition) is 2. The lowest BCUT2D eigenvalue weighted by atomic mass is 9.99. The molecule has 0 bridgehead atoms. The first-order valence-corrected chi connectivity index (χ1v) is 7.39. The first kappa shape index (κ1) is 11.5. The molecule has 0 amide bonds. The van der Waals surface area contributed by atoms with Gasteiger partial charge < -0.3 is 0 Å². The van der Waals surface area contributed by atoms with E-state index in [4.69, 9.17) is 0 Å². The van der Waals surface area contributed by atoms with E-state index in [0.717, 1.165) is 0 Å². The molecule has 1 atom stereocenters. The summed E-state index contributed by atoms with van der Waals surface area (Å²) in [4.78, 5) is 0. The Morgan fingerprint density at radius 3 is 2.77 bits per heavy atom. The molecular weight excluding hydrogens is 196 g/mol. The van der Waals surface area contributed by atoms with Gasteiger partial charge in [0.25, 0.3) is 0 Å². The Morgan fingerprint density at radius 2 is 2.23 bits per heavy atom. The molecule has 0 aromatic carbocycles. The minimum Gasteiger partial charge on any atom is -0.100 e. The SMILES string of the molecule is C=C(C)CCCC[C@]1(C)CCSS1. The Morgan fingerprint density at radius 1 is 1.46 bits per heavy atom. The molecule has 1 fully saturated rings. The molecule has 0 spiro atoms. The topological polar surface area (TPSA) is 0 Å². The van der Waals surface area contributed by atoms with Crippen LogP contribution in [0, 0.1) is 0 Å². The molecule has 0 nitrogen and oxygen atoms in total. The van der Waals surface area contributed by atoms with Crippen LogP contribution in [0.1, 0.15) is 46.0 Å². The maximum absolute atomic E-state index is 3.93. The van der Waals surface area contributed by atoms with Gasteiger partial charge in [0.1, 0.15) is 0 Å². The Balaban J connectivity index is 2.07. The van der Waals surface area contributed by atoms with Gasteiger partial charge in [-0.2, -0.15) is 0 Å². The summed E-state index contributed by atoms with van der Waals surface area (Å²) in [6, 6.07) is 0. The smallest absolute Gasteiger partial charge is 0.0243 e. The zero-order valence-electron chi connectivity index (χ0n) is 8.77. The van der Waals surface area contributed by atoms with Crippen LogP contribution in [0.15, 0.2) is 12.2 Å². The highest BCUT2D eigenvalue weighted by Crippen LogP contribution is 2.49. The first-order chi connectivity index (χ1) is 6.12. The second-order valence-electron chi connectivity index (χ2n) is 4.27. The Bertz CT molecular complexity index is 169. The predicted molar refractivity (Wildman–Crippen MR) is 66.4 cm³/mol. The fourth-order valence-corrected chi connectivity index (χ4v) is 4.87. The zero-order valence-corrected chi connectivity index (χ0v) is 10.4. The zero-order chi connectivity index (χ0) is 9.73. The van der Waals surface area contributed by atoms with Crippen LogP contribution >= 0.6 is 21.6 Å². The van der Waals surface area contributed by atoms with Crippen molar-refractivity contribution in [2.24, 2.45) is 0 Å². The fourth-order valence-electron chi connectivity index (χ4n) is 1.58. The van der Waals surface area contributed by atoms with Crippen LogP contribution in [0.3, 0.4) is 0 Å². The quantitative estimate of drug-likeness (QED) is 0.372. The van der Waals surface area contributed by atoms with Gasteiger partial charge in [-0.15, -0.1) is 6.58 Å². The van der Waals surface area contributed by atoms with Crippen molar-refractivity contribution in [3.8, 4) is 0 Å². The van der Waals surface area contributed by atoms with Gasteiger partial charge in [-0.05, 0) is 39.5 Å². The summed E-state index contributed by atoms with van der Waals surface area (Å²) in [5, 5.41) is 0. The van der Waals surface area contributed by atoms with Crippen LogP contribution in [-0.4, -0.2) is 10.5 Å². The van der Waals surface area contributed by atoms with E-state index in [1.165, 1.54) is 43.4 Å². The van der Waals surface area contributed by atoms with Crippen LogP contribution in [0.2, 0.25) is 0 Å². The lowest BCUT2D eigenvalue weighted by Gasteiger charge is -2.20. The fraction of sp³-hybridized carbons (Fsp3) is 0.818. The van der Waals surface area contributed by atoms with Gasteiger partial charge in [0.15, 0.2) is 0 Å². The normalized spacial score (nSPS) is 27.8. The third kappa shape index (κ3) is 4.46. The molecule has 1 saturated heterocycles. The van der Waals surface area contributed by atoms with Crippen molar-refractivity contribution in [2.45, 2.75) is 50.7 Å². The second-order valence-corrected chi connectivity index (χ2v) is 7.27. The van der Waals surface area contributed by atoms with Gasteiger partial charge in [0, 0.05) is 10.5 Å². The van der Waals surface area contributed by atoms with Gasteiger partial charge in [0.05, 0.1) is 0 Å². The molecule has 2 heteroatoms. The molecule has 1 heterocycles. The molecule has 0 aromatic rings. The van der Waals surface area contributed by atoms with E-state index in [-0.39, 0.29) is 0 Å². The molecule has 13 heavy (non-hydrogen) atoms. The molecule has 76 valence electrons. The van der Waals surface area contributed by atoms with Crippen LogP contribution < -0.4 is 0 Å². The van der Waals surface area contributed by atoms with Gasteiger partial charge >= 0.3 is 0 Å². The number of hydrogen-bond donors (Lipinski definition) is 0. The van der Waals surface area contributed by atoms with E-state index in [1.807, 2.05) is 10.8 Å². The third-order valence-electron chi connectivity index (χ3n) is 2.53. The van der Waals surface area contributed by atoms with Crippen LogP contribution in [0.5, 0.6) is 0 Å². The molecule has 1 aliphatic heterocycles. The summed E-state index contributed by atoms with van der Waals surface area (Å²) in [5.74, 6) is 1.35. The van der Waals surface area contributed by atoms with Gasteiger partial charge in [-0.3, -0.25) is 0 Å². The Kier molecular flexibility index (Phi) is 4.74. The Labute approximate surface area is 90.3 Å². The summed E-state index contributed by atoms with van der Waals surface area (Å²) >= 11 is 0. The summed E-state index contributed by atoms with van der Waals surface area (Å²) in [6.07, 6.45) is 6.70. The molecule has 1 aliphatic rings. The number of rotatable bonds is 5. The summed E-state index contributed by atoms with van der Waals surface area (Å²) in [6.45, 7) is 8.47. The highest BCUT2D eigenvalue weighted by atomic mass is 33.1. The highest BCUT2D eigenvalue weighted by molar-refractivity contribution is 8.77. The lowest BCUT2D eigenvalue weighted by Crippen LogP contribution is -2.15. The number of unbranched alkanes of at least 4 members (excludes halogenated alkanes) is 1. The van der Waals surface area contributed by atoms with E-state index in [2.05, 4.69) is 31.2 Å². The molecule has 0 N–H and O–H groups in total. The molecular formula is C11H20S2. The van der Waals surface area contributed by atoms with E-state index in [9.17, 15) is 0 Å². The van der Waals surface area contributed by atoms with Crippen LogP contribution in [-0.2, 0) is 0 Å². The summed E-state index contributed by atoms with van der Waals surface area (Å²) in [5.41, 5.74) is 1.33. The minimum absolute atomic E-state index is 0.583. The summed E-state index contributed by atoms with van der Waals surface area (Å²) in [7, 11) is 4.14. The highest BCUT2D eigenvalue weighted by Gasteiger charge is 2.29. The lowest BCUT2D eigenvalue weighted by molar-refractivity contribution is 0.538. The maximum Gasteiger partial charge on any atom is 0.0243 e. The summed E-state index contributed by atoms with van der Waals surface area (Å²) < 4.78 is 0.583. The van der Waals surface area contributed by atoms with Crippen molar-refractivity contribution in [3.63, 3.8) is 0 Å². The van der Waals surface area contributed by atoms with Crippen LogP contribution in [0.25, 0.3) is 0 Å². The first-order valence-electron chi connectivity index (χ1n) is 5.07. The third-order valence-corrected chi connectivity index (χ3v) is 5.89. The maximum atomic E-state index is 3.93. The molecule has 0 radical (unpaired) electrons. The Hall–Kier alpha value is 0.440. The molecule has 1 rings (SSSR count).